The van der Waals surface area contributed by atoms with Gasteiger partial charge in [0.25, 0.3) is 0 Å². The first kappa shape index (κ1) is 28.1. The van der Waals surface area contributed by atoms with E-state index in [4.69, 9.17) is 4.42 Å². The van der Waals surface area contributed by atoms with Gasteiger partial charge in [-0.1, -0.05) is 66.0 Å². The van der Waals surface area contributed by atoms with E-state index < -0.39 is 0 Å². The van der Waals surface area contributed by atoms with Gasteiger partial charge >= 0.3 is 0 Å². The van der Waals surface area contributed by atoms with Gasteiger partial charge < -0.3 is 18.8 Å². The molecule has 5 heteroatoms. The van der Waals surface area contributed by atoms with Crippen LogP contribution in [0, 0.1) is 19.1 Å². The van der Waals surface area contributed by atoms with Gasteiger partial charge in [0.15, 0.2) is 0 Å². The van der Waals surface area contributed by atoms with E-state index in [0.717, 1.165) is 50.0 Å². The number of aryl methyl sites for hydroxylation is 1. The molecule has 0 fully saturated rings. The maximum atomic E-state index is 6.19. The fourth-order valence-electron chi connectivity index (χ4n) is 6.48. The first-order valence-corrected chi connectivity index (χ1v) is 15.0. The monoisotopic (exact) mass is 768 g/mol. The molecule has 5 aromatic heterocycles. The number of rotatable bonds is 2. The van der Waals surface area contributed by atoms with Crippen molar-refractivity contribution in [3.8, 4) is 22.5 Å². The van der Waals surface area contributed by atoms with Crippen LogP contribution in [0.1, 0.15) is 5.56 Å². The Morgan fingerprint density at radius 1 is 0.587 bits per heavy atom. The maximum absolute atomic E-state index is 6.19. The fraction of sp³-hybridized carbons (Fsp3) is 0.0244. The number of para-hydroxylation sites is 2. The van der Waals surface area contributed by atoms with Crippen molar-refractivity contribution < 1.29 is 24.5 Å². The largest absolute Gasteiger partial charge is 0.456 e. The zero-order valence-corrected chi connectivity index (χ0v) is 27.2. The smallest absolute Gasteiger partial charge is 0.136 e. The molecule has 1 radical (unpaired) electrons. The maximum Gasteiger partial charge on any atom is 0.136 e. The number of fused-ring (bicyclic) bond motifs is 9. The molecule has 0 atom stereocenters. The Labute approximate surface area is 278 Å². The SMILES string of the molecule is Cc1ccc(-c2[c-]cc3c(c2)c2cccc4c5cc6oc7ccccc7c6cc5n3c24)nc1.[Ir].[c-]1ccccc1-c1ccccn1. The van der Waals surface area contributed by atoms with Gasteiger partial charge in [-0.05, 0) is 59.0 Å². The van der Waals surface area contributed by atoms with Crippen LogP contribution in [0.15, 0.2) is 138 Å². The summed E-state index contributed by atoms with van der Waals surface area (Å²) in [5, 5.41) is 7.24. The van der Waals surface area contributed by atoms with Gasteiger partial charge in [-0.2, -0.15) is 0 Å². The first-order valence-electron chi connectivity index (χ1n) is 15.0. The number of furan rings is 1. The topological polar surface area (TPSA) is 43.3 Å². The van der Waals surface area contributed by atoms with Gasteiger partial charge in [-0.15, -0.1) is 59.7 Å². The molecule has 0 aliphatic rings. The first-order chi connectivity index (χ1) is 22.2. The molecule has 221 valence electrons. The minimum absolute atomic E-state index is 0. The average molecular weight is 768 g/mol. The van der Waals surface area contributed by atoms with Crippen LogP contribution in [0.5, 0.6) is 0 Å². The molecule has 46 heavy (non-hydrogen) atoms. The summed E-state index contributed by atoms with van der Waals surface area (Å²) in [5.74, 6) is 0. The van der Waals surface area contributed by atoms with Crippen LogP contribution in [0.3, 0.4) is 0 Å². The second-order valence-corrected chi connectivity index (χ2v) is 11.4. The molecule has 0 aliphatic heterocycles. The van der Waals surface area contributed by atoms with Crippen LogP contribution >= 0.6 is 0 Å². The van der Waals surface area contributed by atoms with Gasteiger partial charge in [0, 0.05) is 59.6 Å². The van der Waals surface area contributed by atoms with Crippen molar-refractivity contribution in [3.63, 3.8) is 0 Å². The van der Waals surface area contributed by atoms with Crippen molar-refractivity contribution in [2.24, 2.45) is 0 Å². The van der Waals surface area contributed by atoms with E-state index >= 15 is 0 Å². The van der Waals surface area contributed by atoms with Crippen LogP contribution in [-0.4, -0.2) is 14.4 Å². The van der Waals surface area contributed by atoms with E-state index in [9.17, 15) is 0 Å². The minimum atomic E-state index is 0. The second-order valence-electron chi connectivity index (χ2n) is 11.4. The third-order valence-corrected chi connectivity index (χ3v) is 8.58. The molecule has 0 bridgehead atoms. The van der Waals surface area contributed by atoms with E-state index in [-0.39, 0.29) is 20.1 Å². The van der Waals surface area contributed by atoms with Crippen molar-refractivity contribution in [2.45, 2.75) is 6.92 Å². The van der Waals surface area contributed by atoms with Crippen molar-refractivity contribution in [1.29, 1.82) is 0 Å². The average Bonchev–Trinajstić information content (AvgIpc) is 3.75. The number of pyridine rings is 2. The quantitative estimate of drug-likeness (QED) is 0.165. The van der Waals surface area contributed by atoms with Crippen LogP contribution in [0.2, 0.25) is 0 Å². The molecule has 5 heterocycles. The third kappa shape index (κ3) is 4.47. The Morgan fingerprint density at radius 2 is 1.37 bits per heavy atom. The Hall–Kier alpha value is -5.35. The zero-order valence-electron chi connectivity index (χ0n) is 24.8. The third-order valence-electron chi connectivity index (χ3n) is 8.58. The summed E-state index contributed by atoms with van der Waals surface area (Å²) >= 11 is 0. The summed E-state index contributed by atoms with van der Waals surface area (Å²) in [5.41, 5.74) is 10.6. The van der Waals surface area contributed by atoms with E-state index in [1.807, 2.05) is 60.8 Å². The zero-order chi connectivity index (χ0) is 29.9. The number of benzene rings is 5. The van der Waals surface area contributed by atoms with Gasteiger partial charge in [-0.25, -0.2) is 0 Å². The van der Waals surface area contributed by atoms with Crippen molar-refractivity contribution in [3.05, 3.63) is 151 Å². The molecule has 5 aromatic carbocycles. The van der Waals surface area contributed by atoms with Gasteiger partial charge in [0.05, 0.1) is 5.52 Å². The number of aromatic nitrogens is 3. The molecule has 0 amide bonds. The molecule has 10 aromatic rings. The summed E-state index contributed by atoms with van der Waals surface area (Å²) < 4.78 is 8.58. The summed E-state index contributed by atoms with van der Waals surface area (Å²) in [6.07, 6.45) is 3.70. The molecule has 0 saturated carbocycles. The van der Waals surface area contributed by atoms with Crippen LogP contribution in [0.25, 0.3) is 82.5 Å². The Bertz CT molecular complexity index is 2600. The van der Waals surface area contributed by atoms with Gasteiger partial charge in [0.1, 0.15) is 11.2 Å². The normalized spacial score (nSPS) is 11.4. The number of hydrogen-bond donors (Lipinski definition) is 0. The van der Waals surface area contributed by atoms with E-state index in [1.165, 1.54) is 38.1 Å². The van der Waals surface area contributed by atoms with E-state index in [2.05, 4.69) is 100 Å². The van der Waals surface area contributed by atoms with Crippen molar-refractivity contribution in [2.75, 3.05) is 0 Å². The second kappa shape index (κ2) is 11.2. The number of hydrogen-bond acceptors (Lipinski definition) is 3. The molecule has 0 unspecified atom stereocenters. The number of nitrogens with zero attached hydrogens (tertiary/aromatic N) is 3. The molecule has 4 nitrogen and oxygen atoms in total. The van der Waals surface area contributed by atoms with Crippen molar-refractivity contribution in [1.82, 2.24) is 14.4 Å². The Balaban J connectivity index is 0.000000204. The molecular weight excluding hydrogens is 743 g/mol. The van der Waals surface area contributed by atoms with Crippen LogP contribution < -0.4 is 0 Å². The molecule has 0 aliphatic carbocycles. The minimum Gasteiger partial charge on any atom is -0.456 e. The molecule has 10 rings (SSSR count). The van der Waals surface area contributed by atoms with Gasteiger partial charge in [0.2, 0.25) is 0 Å². The van der Waals surface area contributed by atoms with Crippen LogP contribution in [-0.2, 0) is 20.1 Å². The summed E-state index contributed by atoms with van der Waals surface area (Å²) in [4.78, 5) is 8.84. The summed E-state index contributed by atoms with van der Waals surface area (Å²) in [6, 6.07) is 48.1. The fourth-order valence-corrected chi connectivity index (χ4v) is 6.48. The van der Waals surface area contributed by atoms with E-state index in [1.54, 1.807) is 6.20 Å². The van der Waals surface area contributed by atoms with Crippen molar-refractivity contribution >= 4 is 60.0 Å². The summed E-state index contributed by atoms with van der Waals surface area (Å²) in [6.45, 7) is 2.06. The van der Waals surface area contributed by atoms with E-state index in [0.29, 0.717) is 0 Å². The molecule has 0 N–H and O–H groups in total. The molecular formula is C41H25IrN3O-2. The predicted octanol–water partition coefficient (Wildman–Crippen LogP) is 10.5. The predicted molar refractivity (Wildman–Crippen MR) is 184 cm³/mol. The molecule has 0 saturated heterocycles. The summed E-state index contributed by atoms with van der Waals surface area (Å²) in [7, 11) is 0. The van der Waals surface area contributed by atoms with Gasteiger partial charge in [-0.3, -0.25) is 0 Å². The molecule has 0 spiro atoms. The standard InChI is InChI=1S/C30H17N2O.C11H8N.Ir/c1-17-9-11-25(31-16-17)18-10-12-26-22(13-18)20-6-4-7-21-23-15-29-24(14-27(23)32(26)30(20)21)19-5-2-3-8-28(19)33-29;1-2-6-10(7-3-1)11-8-4-5-9-12-11;/h2-9,11-16H,1H3;1-6,8-9H;/q2*-1;. The Kier molecular flexibility index (Phi) is 6.87. The Morgan fingerprint density at radius 3 is 2.15 bits per heavy atom. The van der Waals surface area contributed by atoms with Crippen LogP contribution in [0.4, 0.5) is 0 Å².